The number of carbonyl (C=O) groups excluding carboxylic acids is 6. The van der Waals surface area contributed by atoms with Crippen molar-refractivity contribution < 1.29 is 76.1 Å². The summed E-state index contributed by atoms with van der Waals surface area (Å²) in [4.78, 5) is 62.9. The van der Waals surface area contributed by atoms with Gasteiger partial charge in [0, 0.05) is 0 Å². The second-order valence-corrected chi connectivity index (χ2v) is 18.7. The number of rotatable bonds is 12. The molecule has 2 aliphatic rings. The van der Waals surface area contributed by atoms with Gasteiger partial charge in [-0.1, -0.05) is 13.1 Å². The SMILES string of the molecule is C1COCCO1.C1COCCO1.C[Si](COC(N)=O)(COC(N)=O)COC(N)=O.C[Si](COC(N)=O)(COC(N)=O)COC(N)=O. The third-order valence-electron chi connectivity index (χ3n) is 4.87. The van der Waals surface area contributed by atoms with E-state index in [0.717, 1.165) is 52.9 Å². The Morgan fingerprint density at radius 1 is 0.391 bits per heavy atom. The average molecular weight is 707 g/mol. The van der Waals surface area contributed by atoms with Crippen LogP contribution in [0.4, 0.5) is 28.8 Å². The van der Waals surface area contributed by atoms with Crippen LogP contribution in [-0.4, -0.2) is 143 Å². The quantitative estimate of drug-likeness (QED) is 0.0944. The summed E-state index contributed by atoms with van der Waals surface area (Å²) in [7, 11) is -5.01. The molecule has 0 aromatic heterocycles. The summed E-state index contributed by atoms with van der Waals surface area (Å²) in [6, 6.07) is 0. The van der Waals surface area contributed by atoms with Crippen molar-refractivity contribution in [3.63, 3.8) is 0 Å². The molecule has 0 spiro atoms. The molecule has 0 unspecified atom stereocenters. The van der Waals surface area contributed by atoms with Crippen LogP contribution in [0.25, 0.3) is 0 Å². The molecule has 0 radical (unpaired) electrons. The summed E-state index contributed by atoms with van der Waals surface area (Å²) in [6.07, 6.45) is -6.31. The van der Waals surface area contributed by atoms with Crippen LogP contribution in [0.1, 0.15) is 0 Å². The van der Waals surface area contributed by atoms with Gasteiger partial charge in [-0.05, 0) is 0 Å². The number of primary amides is 6. The van der Waals surface area contributed by atoms with Gasteiger partial charge in [-0.3, -0.25) is 0 Å². The lowest BCUT2D eigenvalue weighted by molar-refractivity contribution is -0.0334. The first-order valence-corrected chi connectivity index (χ1v) is 19.6. The van der Waals surface area contributed by atoms with Gasteiger partial charge in [0.05, 0.1) is 90.2 Å². The van der Waals surface area contributed by atoms with Crippen molar-refractivity contribution in [1.29, 1.82) is 0 Å². The lowest BCUT2D eigenvalue weighted by Crippen LogP contribution is -2.50. The molecule has 0 saturated carbocycles. The van der Waals surface area contributed by atoms with E-state index in [9.17, 15) is 28.8 Å². The topological polar surface area (TPSA) is 351 Å². The molecule has 0 atom stereocenters. The maximum absolute atomic E-state index is 10.5. The fourth-order valence-corrected chi connectivity index (χ4v) is 6.05. The second-order valence-electron chi connectivity index (χ2n) is 9.72. The molecular weight excluding hydrogens is 660 g/mol. The molecule has 6 amide bonds. The van der Waals surface area contributed by atoms with Gasteiger partial charge in [0.1, 0.15) is 0 Å². The number of hydrogen-bond donors (Lipinski definition) is 6. The number of amides is 6. The molecule has 22 nitrogen and oxygen atoms in total. The Kier molecular flexibility index (Phi) is 25.0. The number of ether oxygens (including phenoxy) is 10. The van der Waals surface area contributed by atoms with E-state index in [1.807, 2.05) is 0 Å². The predicted molar refractivity (Wildman–Crippen MR) is 160 cm³/mol. The van der Waals surface area contributed by atoms with E-state index in [-0.39, 0.29) is 37.4 Å². The summed E-state index contributed by atoms with van der Waals surface area (Å²) in [5, 5.41) is 0. The molecular formula is C22H46N6O16Si2. The van der Waals surface area contributed by atoms with Crippen molar-refractivity contribution in [1.82, 2.24) is 0 Å². The van der Waals surface area contributed by atoms with Gasteiger partial charge in [0.15, 0.2) is 16.1 Å². The van der Waals surface area contributed by atoms with Crippen LogP contribution in [0.5, 0.6) is 0 Å². The summed E-state index contributed by atoms with van der Waals surface area (Å²) < 4.78 is 47.4. The normalized spacial score (nSPS) is 14.0. The van der Waals surface area contributed by atoms with Crippen LogP contribution < -0.4 is 34.4 Å². The van der Waals surface area contributed by atoms with Crippen molar-refractivity contribution in [2.24, 2.45) is 34.4 Å². The zero-order valence-electron chi connectivity index (χ0n) is 25.9. The third-order valence-corrected chi connectivity index (χ3v) is 9.91. The fraction of sp³-hybridized carbons (Fsp3) is 0.727. The first-order chi connectivity index (χ1) is 21.5. The molecule has 0 bridgehead atoms. The van der Waals surface area contributed by atoms with Crippen LogP contribution in [-0.2, 0) is 47.4 Å². The highest BCUT2D eigenvalue weighted by Gasteiger charge is 2.34. The molecule has 46 heavy (non-hydrogen) atoms. The zero-order valence-corrected chi connectivity index (χ0v) is 27.9. The molecule has 12 N–H and O–H groups in total. The Bertz CT molecular complexity index is 741. The molecule has 2 saturated heterocycles. The van der Waals surface area contributed by atoms with Crippen LogP contribution in [0.3, 0.4) is 0 Å². The second kappa shape index (κ2) is 26.1. The summed E-state index contributed by atoms with van der Waals surface area (Å²) >= 11 is 0. The van der Waals surface area contributed by atoms with Crippen LogP contribution >= 0.6 is 0 Å². The van der Waals surface area contributed by atoms with Crippen molar-refractivity contribution in [3.05, 3.63) is 0 Å². The predicted octanol–water partition coefficient (Wildman–Crippen LogP) is -2.00. The Labute approximate surface area is 266 Å². The minimum Gasteiger partial charge on any atom is -0.453 e. The molecule has 24 heteroatoms. The Hall–Kier alpha value is -4.11. The van der Waals surface area contributed by atoms with Gasteiger partial charge >= 0.3 is 36.6 Å². The van der Waals surface area contributed by atoms with Crippen LogP contribution in [0.2, 0.25) is 13.1 Å². The standard InChI is InChI=1S/2C7H15N3O6Si.2C4H8O2/c2*1-17(2-14-5(8)11,3-15-6(9)12)4-16-7(10)13;2*1-2-6-4-3-5-1/h2*2-4H2,1H3,(H2,8,11)(H2,9,12)(H2,10,13);2*1-4H2. The van der Waals surface area contributed by atoms with Crippen LogP contribution in [0, 0.1) is 0 Å². The largest absolute Gasteiger partial charge is 0.453 e. The van der Waals surface area contributed by atoms with Crippen molar-refractivity contribution in [2.75, 3.05) is 90.2 Å². The van der Waals surface area contributed by atoms with Crippen molar-refractivity contribution >= 4 is 52.7 Å². The molecule has 2 fully saturated rings. The van der Waals surface area contributed by atoms with Gasteiger partial charge in [-0.25, -0.2) is 28.8 Å². The third kappa shape index (κ3) is 31.3. The summed E-state index contributed by atoms with van der Waals surface area (Å²) in [5.41, 5.74) is 28.8. The Morgan fingerprint density at radius 2 is 0.522 bits per heavy atom. The van der Waals surface area contributed by atoms with E-state index >= 15 is 0 Å². The molecule has 2 rings (SSSR count). The highest BCUT2D eigenvalue weighted by molar-refractivity contribution is 6.79. The van der Waals surface area contributed by atoms with Crippen molar-refractivity contribution in [2.45, 2.75) is 13.1 Å². The minimum absolute atomic E-state index is 0.0805. The maximum atomic E-state index is 10.5. The van der Waals surface area contributed by atoms with E-state index < -0.39 is 52.7 Å². The van der Waals surface area contributed by atoms with E-state index in [2.05, 4.69) is 28.4 Å². The smallest absolute Gasteiger partial charge is 0.404 e. The van der Waals surface area contributed by atoms with Crippen molar-refractivity contribution in [3.8, 4) is 0 Å². The lowest BCUT2D eigenvalue weighted by Gasteiger charge is -2.24. The van der Waals surface area contributed by atoms with E-state index in [1.54, 1.807) is 13.1 Å². The molecule has 0 aromatic carbocycles. The molecule has 0 aromatic rings. The monoisotopic (exact) mass is 706 g/mol. The zero-order chi connectivity index (χ0) is 35.4. The van der Waals surface area contributed by atoms with E-state index in [4.69, 9.17) is 53.3 Å². The van der Waals surface area contributed by atoms with Gasteiger partial charge in [0.2, 0.25) is 0 Å². The van der Waals surface area contributed by atoms with Gasteiger partial charge in [0.25, 0.3) is 0 Å². The molecule has 2 heterocycles. The fourth-order valence-electron chi connectivity index (χ4n) is 2.60. The summed E-state index contributed by atoms with van der Waals surface area (Å²) in [6.45, 7) is 9.56. The Balaban J connectivity index is 0. The van der Waals surface area contributed by atoms with Crippen LogP contribution in [0.15, 0.2) is 0 Å². The van der Waals surface area contributed by atoms with Gasteiger partial charge in [-0.15, -0.1) is 0 Å². The Morgan fingerprint density at radius 3 is 0.609 bits per heavy atom. The van der Waals surface area contributed by atoms with E-state index in [1.165, 1.54) is 0 Å². The highest BCUT2D eigenvalue weighted by atomic mass is 28.3. The van der Waals surface area contributed by atoms with Gasteiger partial charge in [-0.2, -0.15) is 0 Å². The van der Waals surface area contributed by atoms with E-state index in [0.29, 0.717) is 0 Å². The molecule has 2 aliphatic heterocycles. The number of nitrogens with two attached hydrogens (primary N) is 6. The number of hydrogen-bond acceptors (Lipinski definition) is 16. The summed E-state index contributed by atoms with van der Waals surface area (Å²) in [5.74, 6) is 0. The first-order valence-electron chi connectivity index (χ1n) is 13.3. The highest BCUT2D eigenvalue weighted by Crippen LogP contribution is 2.07. The maximum Gasteiger partial charge on any atom is 0.404 e. The first kappa shape index (κ1) is 44.0. The minimum atomic E-state index is -2.51. The van der Waals surface area contributed by atoms with Gasteiger partial charge < -0.3 is 81.8 Å². The lowest BCUT2D eigenvalue weighted by atomic mass is 10.6. The molecule has 0 aliphatic carbocycles. The molecule has 268 valence electrons. The average Bonchev–Trinajstić information content (AvgIpc) is 3.02. The number of carbonyl (C=O) groups is 6.